The second-order valence-corrected chi connectivity index (χ2v) is 6.79. The Bertz CT molecular complexity index is 624. The minimum absolute atomic E-state index is 0.0857. The van der Waals surface area contributed by atoms with E-state index in [0.29, 0.717) is 18.4 Å². The first-order chi connectivity index (χ1) is 9.75. The molecule has 1 rings (SSSR count). The minimum Gasteiger partial charge on any atom is -0.480 e. The predicted molar refractivity (Wildman–Crippen MR) is 77.7 cm³/mol. The molecule has 1 aromatic rings. The Balaban J connectivity index is 2.87. The molecule has 7 heteroatoms. The summed E-state index contributed by atoms with van der Waals surface area (Å²) in [7, 11) is -3.43. The summed E-state index contributed by atoms with van der Waals surface area (Å²) in [6, 6.07) is 5.24. The van der Waals surface area contributed by atoms with Crippen molar-refractivity contribution in [3.63, 3.8) is 0 Å². The minimum atomic E-state index is -3.43. The smallest absolute Gasteiger partial charge is 0.326 e. The molecule has 2 N–H and O–H groups in total. The zero-order valence-electron chi connectivity index (χ0n) is 12.0. The van der Waals surface area contributed by atoms with Crippen LogP contribution in [-0.4, -0.2) is 37.7 Å². The molecule has 21 heavy (non-hydrogen) atoms. The van der Waals surface area contributed by atoms with E-state index in [2.05, 4.69) is 5.32 Å². The van der Waals surface area contributed by atoms with Gasteiger partial charge in [-0.1, -0.05) is 31.5 Å². The van der Waals surface area contributed by atoms with Crippen molar-refractivity contribution in [2.45, 2.75) is 37.1 Å². The highest BCUT2D eigenvalue weighted by Gasteiger charge is 2.20. The van der Waals surface area contributed by atoms with Crippen molar-refractivity contribution in [1.29, 1.82) is 0 Å². The van der Waals surface area contributed by atoms with Crippen LogP contribution in [0.25, 0.3) is 0 Å². The number of rotatable bonds is 7. The molecule has 0 saturated heterocycles. The quantitative estimate of drug-likeness (QED) is 0.782. The van der Waals surface area contributed by atoms with Gasteiger partial charge in [0.05, 0.1) is 11.3 Å². The maximum atomic E-state index is 11.9. The van der Waals surface area contributed by atoms with Gasteiger partial charge in [0.1, 0.15) is 6.04 Å². The van der Waals surface area contributed by atoms with Gasteiger partial charge in [-0.2, -0.15) is 0 Å². The molecule has 1 atom stereocenters. The molecule has 0 saturated carbocycles. The molecule has 6 nitrogen and oxygen atoms in total. The molecule has 0 aliphatic rings. The first kappa shape index (κ1) is 17.2. The summed E-state index contributed by atoms with van der Waals surface area (Å²) in [5.74, 6) is -1.60. The van der Waals surface area contributed by atoms with Gasteiger partial charge in [-0.15, -0.1) is 0 Å². The van der Waals surface area contributed by atoms with Gasteiger partial charge in [0.25, 0.3) is 0 Å². The van der Waals surface area contributed by atoms with Crippen LogP contribution < -0.4 is 5.32 Å². The lowest BCUT2D eigenvalue weighted by Crippen LogP contribution is -2.41. The fourth-order valence-electron chi connectivity index (χ4n) is 1.98. The Morgan fingerprint density at radius 1 is 1.29 bits per heavy atom. The van der Waals surface area contributed by atoms with Gasteiger partial charge in [0, 0.05) is 6.26 Å². The lowest BCUT2D eigenvalue weighted by Gasteiger charge is -2.14. The van der Waals surface area contributed by atoms with Gasteiger partial charge >= 0.3 is 5.97 Å². The number of carboxylic acid groups (broad SMARTS) is 1. The number of carbonyl (C=O) groups is 2. The summed E-state index contributed by atoms with van der Waals surface area (Å²) in [6.07, 6.45) is 1.85. The molecule has 0 aliphatic carbocycles. The summed E-state index contributed by atoms with van der Waals surface area (Å²) in [5.41, 5.74) is 0.359. The van der Waals surface area contributed by atoms with Crippen molar-refractivity contribution in [3.8, 4) is 0 Å². The molecule has 0 radical (unpaired) electrons. The third kappa shape index (κ3) is 5.18. The third-order valence-corrected chi connectivity index (χ3v) is 4.13. The summed E-state index contributed by atoms with van der Waals surface area (Å²) in [5, 5.41) is 11.4. The predicted octanol–water partition coefficient (Wildman–Crippen LogP) is 1.00. The SMILES string of the molecule is CCCC(NC(=O)Cc1ccccc1S(C)(=O)=O)C(=O)O. The maximum absolute atomic E-state index is 11.9. The van der Waals surface area contributed by atoms with E-state index in [0.717, 1.165) is 6.26 Å². The van der Waals surface area contributed by atoms with Crippen LogP contribution in [0.5, 0.6) is 0 Å². The molecule has 1 amide bonds. The van der Waals surface area contributed by atoms with Gasteiger partial charge < -0.3 is 10.4 Å². The molecule has 0 aromatic heterocycles. The summed E-state index contributed by atoms with van der Waals surface area (Å²) < 4.78 is 23.3. The topological polar surface area (TPSA) is 101 Å². The summed E-state index contributed by atoms with van der Waals surface area (Å²) in [4.78, 5) is 23.0. The van der Waals surface area contributed by atoms with Gasteiger partial charge in [0.15, 0.2) is 9.84 Å². The maximum Gasteiger partial charge on any atom is 0.326 e. The van der Waals surface area contributed by atoms with Crippen LogP contribution in [0.15, 0.2) is 29.2 Å². The highest BCUT2D eigenvalue weighted by atomic mass is 32.2. The van der Waals surface area contributed by atoms with Crippen LogP contribution >= 0.6 is 0 Å². The van der Waals surface area contributed by atoms with Crippen LogP contribution in [0.2, 0.25) is 0 Å². The average Bonchev–Trinajstić information content (AvgIpc) is 2.37. The van der Waals surface area contributed by atoms with Crippen LogP contribution in [0.4, 0.5) is 0 Å². The number of nitrogens with one attached hydrogen (secondary N) is 1. The van der Waals surface area contributed by atoms with Crippen molar-refractivity contribution in [2.24, 2.45) is 0 Å². The van der Waals surface area contributed by atoms with Crippen molar-refractivity contribution in [3.05, 3.63) is 29.8 Å². The molecule has 1 aromatic carbocycles. The zero-order chi connectivity index (χ0) is 16.0. The standard InChI is InChI=1S/C14H19NO5S/c1-3-6-11(14(17)18)15-13(16)9-10-7-4-5-8-12(10)21(2,19)20/h4-5,7-8,11H,3,6,9H2,1-2H3,(H,15,16)(H,17,18). The summed E-state index contributed by atoms with van der Waals surface area (Å²) >= 11 is 0. The molecule has 0 aliphatic heterocycles. The van der Waals surface area contributed by atoms with E-state index in [1.807, 2.05) is 6.92 Å². The fourth-order valence-corrected chi connectivity index (χ4v) is 2.92. The van der Waals surface area contributed by atoms with Gasteiger partial charge in [-0.3, -0.25) is 4.79 Å². The first-order valence-corrected chi connectivity index (χ1v) is 8.45. The molecule has 0 spiro atoms. The molecule has 116 valence electrons. The Kier molecular flexibility index (Phi) is 5.90. The second kappa shape index (κ2) is 7.21. The van der Waals surface area contributed by atoms with Gasteiger partial charge in [-0.25, -0.2) is 13.2 Å². The molecule has 0 bridgehead atoms. The second-order valence-electron chi connectivity index (χ2n) is 4.80. The van der Waals surface area contributed by atoms with E-state index < -0.39 is 27.8 Å². The largest absolute Gasteiger partial charge is 0.480 e. The monoisotopic (exact) mass is 313 g/mol. The van der Waals surface area contributed by atoms with Crippen LogP contribution in [0.3, 0.4) is 0 Å². The van der Waals surface area contributed by atoms with E-state index in [-0.39, 0.29) is 11.3 Å². The molecule has 1 unspecified atom stereocenters. The number of hydrogen-bond donors (Lipinski definition) is 2. The van der Waals surface area contributed by atoms with Crippen molar-refractivity contribution < 1.29 is 23.1 Å². The zero-order valence-corrected chi connectivity index (χ0v) is 12.8. The normalized spacial score (nSPS) is 12.7. The van der Waals surface area contributed by atoms with Gasteiger partial charge in [-0.05, 0) is 18.1 Å². The van der Waals surface area contributed by atoms with E-state index in [9.17, 15) is 18.0 Å². The van der Waals surface area contributed by atoms with Crippen LogP contribution in [0, 0.1) is 0 Å². The number of aliphatic carboxylic acids is 1. The lowest BCUT2D eigenvalue weighted by molar-refractivity contribution is -0.141. The summed E-state index contributed by atoms with van der Waals surface area (Å²) in [6.45, 7) is 1.82. The Morgan fingerprint density at radius 2 is 1.90 bits per heavy atom. The van der Waals surface area contributed by atoms with E-state index in [4.69, 9.17) is 5.11 Å². The lowest BCUT2D eigenvalue weighted by atomic mass is 10.1. The number of amides is 1. The Morgan fingerprint density at radius 3 is 2.43 bits per heavy atom. The van der Waals surface area contributed by atoms with Crippen LogP contribution in [0.1, 0.15) is 25.3 Å². The number of benzene rings is 1. The fraction of sp³-hybridized carbons (Fsp3) is 0.429. The number of sulfone groups is 1. The van der Waals surface area contributed by atoms with E-state index in [1.54, 1.807) is 18.2 Å². The highest BCUT2D eigenvalue weighted by molar-refractivity contribution is 7.90. The molecule has 0 heterocycles. The van der Waals surface area contributed by atoms with E-state index in [1.165, 1.54) is 6.07 Å². The molecular formula is C14H19NO5S. The third-order valence-electron chi connectivity index (χ3n) is 2.93. The van der Waals surface area contributed by atoms with E-state index >= 15 is 0 Å². The van der Waals surface area contributed by atoms with Gasteiger partial charge in [0.2, 0.25) is 5.91 Å². The Hall–Kier alpha value is -1.89. The van der Waals surface area contributed by atoms with Crippen LogP contribution in [-0.2, 0) is 25.8 Å². The van der Waals surface area contributed by atoms with Crippen molar-refractivity contribution in [1.82, 2.24) is 5.32 Å². The molecule has 0 fully saturated rings. The first-order valence-electron chi connectivity index (χ1n) is 6.55. The van der Waals surface area contributed by atoms with Crippen molar-refractivity contribution in [2.75, 3.05) is 6.26 Å². The number of carboxylic acids is 1. The number of hydrogen-bond acceptors (Lipinski definition) is 4. The van der Waals surface area contributed by atoms with Crippen molar-refractivity contribution >= 4 is 21.7 Å². The highest BCUT2D eigenvalue weighted by Crippen LogP contribution is 2.15. The number of carbonyl (C=O) groups excluding carboxylic acids is 1. The average molecular weight is 313 g/mol. The molecular weight excluding hydrogens is 294 g/mol. The Labute approximate surface area is 124 Å².